The van der Waals surface area contributed by atoms with Gasteiger partial charge in [-0.3, -0.25) is 14.4 Å². The van der Waals surface area contributed by atoms with E-state index in [4.69, 9.17) is 37.9 Å². The summed E-state index contributed by atoms with van der Waals surface area (Å²) in [5, 5.41) is 50.0. The summed E-state index contributed by atoms with van der Waals surface area (Å²) >= 11 is 0. The number of esters is 2. The fourth-order valence-corrected chi connectivity index (χ4v) is 11.7. The Labute approximate surface area is 466 Å². The first-order chi connectivity index (χ1) is 37.0. The van der Waals surface area contributed by atoms with E-state index in [1.165, 1.54) is 27.2 Å². The van der Waals surface area contributed by atoms with Gasteiger partial charge in [-0.25, -0.2) is 4.79 Å². The molecule has 1 aromatic carbocycles. The fourth-order valence-electron chi connectivity index (χ4n) is 11.7. The van der Waals surface area contributed by atoms with Crippen molar-refractivity contribution in [3.63, 3.8) is 0 Å². The van der Waals surface area contributed by atoms with Crippen LogP contribution in [0.1, 0.15) is 144 Å². The highest BCUT2D eigenvalue weighted by atomic mass is 16.7. The molecule has 2 aromatic rings. The molecule has 0 saturated carbocycles. The van der Waals surface area contributed by atoms with Crippen LogP contribution in [0.25, 0.3) is 10.9 Å². The molecule has 6 N–H and O–H groups in total. The first-order valence-corrected chi connectivity index (χ1v) is 28.3. The van der Waals surface area contributed by atoms with Crippen molar-refractivity contribution in [1.82, 2.24) is 14.8 Å². The molecule has 2 fully saturated rings. The Morgan fingerprint density at radius 3 is 2.32 bits per heavy atom. The molecule has 21 heteroatoms. The van der Waals surface area contributed by atoms with Crippen LogP contribution in [0.4, 0.5) is 5.69 Å². The van der Waals surface area contributed by atoms with E-state index in [0.717, 1.165) is 30.2 Å². The van der Waals surface area contributed by atoms with Gasteiger partial charge in [0.1, 0.15) is 35.8 Å². The first-order valence-electron chi connectivity index (χ1n) is 28.3. The number of hydrogen-bond acceptors (Lipinski definition) is 19. The Morgan fingerprint density at radius 2 is 1.71 bits per heavy atom. The second kappa shape index (κ2) is 28.2. The van der Waals surface area contributed by atoms with Gasteiger partial charge in [-0.1, -0.05) is 34.6 Å². The molecular formula is C58H94N4O17. The van der Waals surface area contributed by atoms with Gasteiger partial charge in [-0.05, 0) is 112 Å². The molecule has 5 rings (SSSR count). The van der Waals surface area contributed by atoms with Crippen molar-refractivity contribution < 1.29 is 77.5 Å². The lowest BCUT2D eigenvalue weighted by Gasteiger charge is -2.49. The molecule has 21 nitrogen and oxygen atoms in total. The number of aliphatic hydroxyl groups excluding tert-OH is 2. The van der Waals surface area contributed by atoms with E-state index in [1.807, 2.05) is 64.2 Å². The number of hydrogen-bond donors (Lipinski definition) is 6. The molecule has 79 heavy (non-hydrogen) atoms. The maximum absolute atomic E-state index is 14.4. The van der Waals surface area contributed by atoms with Gasteiger partial charge in [-0.2, -0.15) is 0 Å². The molecule has 0 spiro atoms. The summed E-state index contributed by atoms with van der Waals surface area (Å²) < 4.78 is 52.7. The number of ether oxygens (including phenoxy) is 8. The molecule has 0 amide bonds. The zero-order chi connectivity index (χ0) is 58.9. The number of aromatic nitrogens is 1. The lowest BCUT2D eigenvalue weighted by molar-refractivity contribution is -0.314. The largest absolute Gasteiger partial charge is 0.477 e. The number of carbonyl (C=O) groups is 4. The molecule has 1 unspecified atom stereocenters. The van der Waals surface area contributed by atoms with E-state index in [0.29, 0.717) is 50.3 Å². The molecule has 448 valence electrons. The van der Waals surface area contributed by atoms with E-state index in [2.05, 4.69) is 10.6 Å². The molecule has 0 aliphatic carbocycles. The number of carbonyl (C=O) groups excluding carboxylic acids is 3. The lowest BCUT2D eigenvalue weighted by atomic mass is 9.77. The Morgan fingerprint density at radius 1 is 1.03 bits per heavy atom. The van der Waals surface area contributed by atoms with Crippen molar-refractivity contribution in [3.8, 4) is 0 Å². The summed E-state index contributed by atoms with van der Waals surface area (Å²) in [5.74, 6) is -4.72. The fraction of sp³-hybridized carbons (Fsp3) is 0.776. The number of rotatable bonds is 30. The molecule has 3 aliphatic heterocycles. The third kappa shape index (κ3) is 16.1. The van der Waals surface area contributed by atoms with Crippen LogP contribution in [0, 0.1) is 23.2 Å². The van der Waals surface area contributed by atoms with Crippen molar-refractivity contribution >= 4 is 40.8 Å². The van der Waals surface area contributed by atoms with Crippen LogP contribution >= 0.6 is 0 Å². The van der Waals surface area contributed by atoms with Gasteiger partial charge in [0.15, 0.2) is 12.6 Å². The quantitative estimate of drug-likeness (QED) is 0.0332. The summed E-state index contributed by atoms with van der Waals surface area (Å²) in [6, 6.07) is 3.47. The molecular weight excluding hydrogens is 1020 g/mol. The minimum atomic E-state index is -1.78. The van der Waals surface area contributed by atoms with E-state index >= 15 is 0 Å². The number of carboxylic acids is 1. The second-order valence-corrected chi connectivity index (χ2v) is 23.9. The van der Waals surface area contributed by atoms with Crippen molar-refractivity contribution in [3.05, 3.63) is 39.7 Å². The number of pyridine rings is 1. The van der Waals surface area contributed by atoms with Gasteiger partial charge >= 0.3 is 17.9 Å². The molecule has 3 aliphatic rings. The SMILES string of the molecule is CC[C@@H](OC(=O)[C@H](C)[C@@H](O[C@H]1CC(C)(C)[C@@H](OC(=O)CCNCCOCCNc2cc3c4c(c2)c(=O)c(C(=O)O)cn4C(C)CC3)[C@H](C)O1)[C@H](C)[C@@H](O[C@@H]1O[C@H](C)C[C@H](N(C)C)[C@H]1O)[C@@](C)(C[C@@H](C)C=O)OC)[C@@](C)(O)[C@@H](C)O. The average Bonchev–Trinajstić information content (AvgIpc) is 3.42. The number of aryl methyl sites for hydroxylation is 1. The van der Waals surface area contributed by atoms with Crippen LogP contribution in [0.3, 0.4) is 0 Å². The van der Waals surface area contributed by atoms with Gasteiger partial charge in [0.05, 0.1) is 67.2 Å². The molecule has 2 saturated heterocycles. The summed E-state index contributed by atoms with van der Waals surface area (Å²) in [7, 11) is 5.25. The summed E-state index contributed by atoms with van der Waals surface area (Å²) in [6.45, 7) is 23.2. The van der Waals surface area contributed by atoms with Gasteiger partial charge in [-0.15, -0.1) is 0 Å². The number of benzene rings is 1. The van der Waals surface area contributed by atoms with Crippen LogP contribution in [-0.4, -0.2) is 187 Å². The van der Waals surface area contributed by atoms with Gasteiger partial charge in [0, 0.05) is 79.8 Å². The monoisotopic (exact) mass is 1120 g/mol. The van der Waals surface area contributed by atoms with Gasteiger partial charge in [0.2, 0.25) is 5.43 Å². The van der Waals surface area contributed by atoms with Crippen molar-refractivity contribution in [2.75, 3.05) is 59.4 Å². The number of aromatic carboxylic acids is 1. The molecule has 0 radical (unpaired) electrons. The Kier molecular flexibility index (Phi) is 23.5. The Bertz CT molecular complexity index is 2410. The number of nitrogens with one attached hydrogen (secondary N) is 2. The summed E-state index contributed by atoms with van der Waals surface area (Å²) in [6.07, 6.45) is -4.07. The lowest BCUT2D eigenvalue weighted by Crippen LogP contribution is -2.60. The molecule has 4 heterocycles. The smallest absolute Gasteiger partial charge is 0.341 e. The number of nitrogens with zero attached hydrogens (tertiary/aromatic N) is 2. The van der Waals surface area contributed by atoms with Crippen molar-refractivity contribution in [2.24, 2.45) is 23.2 Å². The number of anilines is 1. The van der Waals surface area contributed by atoms with Crippen molar-refractivity contribution in [1.29, 1.82) is 0 Å². The Balaban J connectivity index is 1.23. The van der Waals surface area contributed by atoms with Crippen LogP contribution < -0.4 is 16.1 Å². The van der Waals surface area contributed by atoms with E-state index < -0.39 is 113 Å². The van der Waals surface area contributed by atoms with Crippen molar-refractivity contribution in [2.45, 2.75) is 213 Å². The zero-order valence-electron chi connectivity index (χ0n) is 49.4. The van der Waals surface area contributed by atoms with Crippen LogP contribution in [-0.2, 0) is 58.7 Å². The topological polar surface area (TPSA) is 272 Å². The number of aldehydes is 1. The predicted molar refractivity (Wildman–Crippen MR) is 296 cm³/mol. The highest BCUT2D eigenvalue weighted by molar-refractivity contribution is 5.95. The highest BCUT2D eigenvalue weighted by Crippen LogP contribution is 2.43. The molecule has 17 atom stereocenters. The third-order valence-electron chi connectivity index (χ3n) is 16.6. The number of methoxy groups -OCH3 is 1. The number of likely N-dealkylation sites (N-methyl/N-ethyl adjacent to an activating group) is 1. The second-order valence-electron chi connectivity index (χ2n) is 23.9. The van der Waals surface area contributed by atoms with Crippen LogP contribution in [0.15, 0.2) is 23.1 Å². The highest BCUT2D eigenvalue weighted by Gasteiger charge is 2.52. The number of carboxylic acid groups (broad SMARTS) is 1. The van der Waals surface area contributed by atoms with Gasteiger partial charge in [0.25, 0.3) is 0 Å². The van der Waals surface area contributed by atoms with Gasteiger partial charge < -0.3 is 83.2 Å². The predicted octanol–water partition coefficient (Wildman–Crippen LogP) is 5.24. The van der Waals surface area contributed by atoms with E-state index in [1.54, 1.807) is 40.7 Å². The summed E-state index contributed by atoms with van der Waals surface area (Å²) in [5.41, 5.74) is -1.97. The minimum Gasteiger partial charge on any atom is -0.477 e. The maximum atomic E-state index is 14.4. The first kappa shape index (κ1) is 65.7. The molecule has 0 bridgehead atoms. The standard InChI is InChI=1S/C58H94N4O17/c1-16-44(58(12,71)38(8)64)76-54(70)36(6)50(35(5)51(57(11,72-15)28-32(2)31-63)79-55-49(67)43(61(13)14)25-34(4)74-55)78-46-29-56(9,10)52(37(7)75-46)77-45(65)19-20-59-21-23-73-24-22-60-40-26-39-18-17-33(3)62-30-42(53(68)69)48(66)41(27-40)47(39)62/h26-27,30-38,43-44,46,49-52,55,59-60,64,67,71H,16-25,28-29H2,1-15H3,(H,68,69)/t32-,33?,34-,35+,36-,37+,38-,43+,44-,46+,49-,50+,51-,52+,55+,57-,58+/m1/s1. The minimum absolute atomic E-state index is 0.0731. The summed E-state index contributed by atoms with van der Waals surface area (Å²) in [4.78, 5) is 66.9. The van der Waals surface area contributed by atoms with E-state index in [-0.39, 0.29) is 49.4 Å². The zero-order valence-corrected chi connectivity index (χ0v) is 49.4. The third-order valence-corrected chi connectivity index (χ3v) is 16.6. The number of aliphatic hydroxyl groups is 3. The molecule has 1 aromatic heterocycles. The van der Waals surface area contributed by atoms with Crippen LogP contribution in [0.5, 0.6) is 0 Å². The average molecular weight is 1120 g/mol. The maximum Gasteiger partial charge on any atom is 0.341 e. The van der Waals surface area contributed by atoms with Crippen LogP contribution in [0.2, 0.25) is 0 Å². The normalized spacial score (nSPS) is 27.3. The Hall–Kier alpha value is -4.13. The van der Waals surface area contributed by atoms with E-state index in [9.17, 15) is 44.4 Å².